The predicted molar refractivity (Wildman–Crippen MR) is 162 cm³/mol. The molecule has 2 aliphatic rings. The van der Waals surface area contributed by atoms with E-state index < -0.39 is 0 Å². The largest absolute Gasteiger partial charge is 0.497 e. The van der Waals surface area contributed by atoms with Crippen LogP contribution in [0.15, 0.2) is 60.7 Å². The van der Waals surface area contributed by atoms with E-state index in [9.17, 15) is 4.79 Å². The van der Waals surface area contributed by atoms with Crippen molar-refractivity contribution in [2.24, 2.45) is 5.41 Å². The van der Waals surface area contributed by atoms with Crippen LogP contribution in [-0.2, 0) is 22.6 Å². The number of carbonyl (C=O) groups excluding carboxylic acids is 1. The molecule has 0 spiro atoms. The zero-order valence-electron chi connectivity index (χ0n) is 25.2. The molecule has 1 aliphatic heterocycles. The van der Waals surface area contributed by atoms with Gasteiger partial charge in [0, 0.05) is 18.0 Å². The number of esters is 1. The summed E-state index contributed by atoms with van der Waals surface area (Å²) in [6.45, 7) is 5.96. The summed E-state index contributed by atoms with van der Waals surface area (Å²) in [6, 6.07) is 19.0. The maximum absolute atomic E-state index is 15.1. The normalized spacial score (nSPS) is 17.7. The van der Waals surface area contributed by atoms with Crippen LogP contribution in [0.3, 0.4) is 0 Å². The average Bonchev–Trinajstić information content (AvgIpc) is 3.85. The molecule has 1 atom stereocenters. The van der Waals surface area contributed by atoms with Crippen molar-refractivity contribution in [3.63, 3.8) is 0 Å². The predicted octanol–water partition coefficient (Wildman–Crippen LogP) is 8.15. The second kappa shape index (κ2) is 14.0. The molecule has 0 bridgehead atoms. The van der Waals surface area contributed by atoms with E-state index in [2.05, 4.69) is 31.9 Å². The molecule has 1 unspecified atom stereocenters. The Bertz CT molecular complexity index is 1320. The van der Waals surface area contributed by atoms with Gasteiger partial charge in [0.2, 0.25) is 0 Å². The number of ether oxygens (including phenoxy) is 3. The molecular weight excluding hydrogens is 517 g/mol. The third kappa shape index (κ3) is 8.32. The fraction of sp³-hybridized carbons (Fsp3) is 0.457. The van der Waals surface area contributed by atoms with Gasteiger partial charge in [0.05, 0.1) is 14.2 Å². The summed E-state index contributed by atoms with van der Waals surface area (Å²) < 4.78 is 31.5. The molecule has 5 rings (SSSR count). The molecule has 5 nitrogen and oxygen atoms in total. The monoisotopic (exact) mass is 561 g/mol. The summed E-state index contributed by atoms with van der Waals surface area (Å²) >= 11 is 0. The lowest BCUT2D eigenvalue weighted by Crippen LogP contribution is -2.41. The Kier molecular flexibility index (Phi) is 10.4. The summed E-state index contributed by atoms with van der Waals surface area (Å²) in [6.07, 6.45) is 7.66. The SMILES string of the molecule is C1CC1.COC(=O)CCc1cccc(OCc2ccc(-c3cc(OC)ccc3F)c(C3N(C)CCCC3(C)C)c2)c1. The van der Waals surface area contributed by atoms with E-state index in [4.69, 9.17) is 14.2 Å². The number of likely N-dealkylation sites (tertiary alicyclic amines) is 1. The number of benzene rings is 3. The second-order valence-corrected chi connectivity index (χ2v) is 11.8. The lowest BCUT2D eigenvalue weighted by atomic mass is 9.72. The second-order valence-electron chi connectivity index (χ2n) is 11.8. The van der Waals surface area contributed by atoms with E-state index in [-0.39, 0.29) is 23.2 Å². The number of rotatable bonds is 9. The van der Waals surface area contributed by atoms with Crippen LogP contribution in [0, 0.1) is 11.2 Å². The van der Waals surface area contributed by atoms with Crippen LogP contribution in [0.5, 0.6) is 11.5 Å². The lowest BCUT2D eigenvalue weighted by Gasteiger charge is -2.46. The van der Waals surface area contributed by atoms with Gasteiger partial charge in [0.15, 0.2) is 0 Å². The van der Waals surface area contributed by atoms with E-state index in [1.165, 1.54) is 32.4 Å². The van der Waals surface area contributed by atoms with Crippen LogP contribution >= 0.6 is 0 Å². The van der Waals surface area contributed by atoms with Gasteiger partial charge in [-0.25, -0.2) is 4.39 Å². The Morgan fingerprint density at radius 1 is 0.927 bits per heavy atom. The summed E-state index contributed by atoms with van der Waals surface area (Å²) in [4.78, 5) is 13.9. The number of aryl methyl sites for hydroxylation is 1. The van der Waals surface area contributed by atoms with Crippen molar-refractivity contribution in [1.29, 1.82) is 0 Å². The van der Waals surface area contributed by atoms with E-state index in [1.54, 1.807) is 19.2 Å². The first-order chi connectivity index (χ1) is 19.7. The first-order valence-electron chi connectivity index (χ1n) is 14.7. The van der Waals surface area contributed by atoms with Gasteiger partial charge in [-0.05, 0) is 90.9 Å². The topological polar surface area (TPSA) is 48.0 Å². The maximum Gasteiger partial charge on any atom is 0.305 e. The van der Waals surface area contributed by atoms with Gasteiger partial charge in [0.1, 0.15) is 23.9 Å². The highest BCUT2D eigenvalue weighted by Gasteiger charge is 2.38. The minimum Gasteiger partial charge on any atom is -0.497 e. The smallest absolute Gasteiger partial charge is 0.305 e. The highest BCUT2D eigenvalue weighted by atomic mass is 19.1. The van der Waals surface area contributed by atoms with Crippen molar-refractivity contribution >= 4 is 5.97 Å². The van der Waals surface area contributed by atoms with Crippen molar-refractivity contribution in [3.05, 3.63) is 83.2 Å². The molecular formula is C35H44FNO4. The number of hydrogen-bond acceptors (Lipinski definition) is 5. The van der Waals surface area contributed by atoms with Crippen LogP contribution in [0.4, 0.5) is 4.39 Å². The Hall–Kier alpha value is -3.38. The zero-order chi connectivity index (χ0) is 29.4. The third-order valence-electron chi connectivity index (χ3n) is 7.89. The zero-order valence-corrected chi connectivity index (χ0v) is 25.2. The lowest BCUT2D eigenvalue weighted by molar-refractivity contribution is -0.140. The van der Waals surface area contributed by atoms with Crippen molar-refractivity contribution < 1.29 is 23.4 Å². The number of carbonyl (C=O) groups is 1. The minimum absolute atomic E-state index is 0.0184. The fourth-order valence-corrected chi connectivity index (χ4v) is 5.62. The van der Waals surface area contributed by atoms with Crippen molar-refractivity contribution in [2.45, 2.75) is 71.4 Å². The van der Waals surface area contributed by atoms with Crippen molar-refractivity contribution in [2.75, 3.05) is 27.8 Å². The number of methoxy groups -OCH3 is 2. The number of hydrogen-bond donors (Lipinski definition) is 0. The van der Waals surface area contributed by atoms with Gasteiger partial charge < -0.3 is 14.2 Å². The Labute approximate surface area is 244 Å². The fourth-order valence-electron chi connectivity index (χ4n) is 5.62. The van der Waals surface area contributed by atoms with Gasteiger partial charge in [-0.15, -0.1) is 0 Å². The van der Waals surface area contributed by atoms with E-state index >= 15 is 4.39 Å². The quantitative estimate of drug-likeness (QED) is 0.247. The molecule has 1 aliphatic carbocycles. The van der Waals surface area contributed by atoms with Crippen molar-refractivity contribution in [1.82, 2.24) is 4.90 Å². The van der Waals surface area contributed by atoms with Gasteiger partial charge in [0.25, 0.3) is 0 Å². The first-order valence-corrected chi connectivity index (χ1v) is 14.7. The van der Waals surface area contributed by atoms with Crippen LogP contribution in [0.2, 0.25) is 0 Å². The maximum atomic E-state index is 15.1. The Morgan fingerprint density at radius 3 is 2.39 bits per heavy atom. The molecule has 0 radical (unpaired) electrons. The van der Waals surface area contributed by atoms with Crippen molar-refractivity contribution in [3.8, 4) is 22.6 Å². The summed E-state index contributed by atoms with van der Waals surface area (Å²) in [7, 11) is 5.15. The third-order valence-corrected chi connectivity index (χ3v) is 7.89. The number of halogens is 1. The van der Waals surface area contributed by atoms with Crippen LogP contribution in [-0.4, -0.2) is 38.7 Å². The van der Waals surface area contributed by atoms with Crippen LogP contribution < -0.4 is 9.47 Å². The average molecular weight is 562 g/mol. The van der Waals surface area contributed by atoms with Gasteiger partial charge >= 0.3 is 5.97 Å². The molecule has 0 N–H and O–H groups in total. The molecule has 0 aromatic heterocycles. The van der Waals surface area contributed by atoms with Gasteiger partial charge in [-0.2, -0.15) is 0 Å². The number of nitrogens with zero attached hydrogens (tertiary/aromatic N) is 1. The summed E-state index contributed by atoms with van der Waals surface area (Å²) in [5.74, 6) is 0.873. The molecule has 3 aromatic carbocycles. The van der Waals surface area contributed by atoms with Crippen LogP contribution in [0.1, 0.15) is 75.1 Å². The van der Waals surface area contributed by atoms with Crippen LogP contribution in [0.25, 0.3) is 11.1 Å². The molecule has 1 heterocycles. The van der Waals surface area contributed by atoms with Gasteiger partial charge in [-0.3, -0.25) is 9.69 Å². The molecule has 0 amide bonds. The summed E-state index contributed by atoms with van der Waals surface area (Å²) in [5.41, 5.74) is 4.56. The highest BCUT2D eigenvalue weighted by Crippen LogP contribution is 2.48. The molecule has 6 heteroatoms. The van der Waals surface area contributed by atoms with E-state index in [0.29, 0.717) is 30.8 Å². The molecule has 220 valence electrons. The highest BCUT2D eigenvalue weighted by molar-refractivity contribution is 5.71. The number of piperidine rings is 1. The standard InChI is InChI=1S/C32H38FNO4.C3H6/c1-32(2)16-7-17-34(3)31(32)28-19-23(10-13-26(28)27-20-24(36-4)12-14-29(27)33)21-38-25-9-6-8-22(18-25)11-15-30(35)37-5;1-2-3-1/h6,8-10,12-14,18-20,31H,7,11,15-17,21H2,1-5H3;1-3H2. The molecule has 1 saturated carbocycles. The van der Waals surface area contributed by atoms with E-state index in [1.807, 2.05) is 36.4 Å². The molecule has 41 heavy (non-hydrogen) atoms. The minimum atomic E-state index is -0.268. The summed E-state index contributed by atoms with van der Waals surface area (Å²) in [5, 5.41) is 0. The molecule has 3 aromatic rings. The Morgan fingerprint density at radius 2 is 1.71 bits per heavy atom. The van der Waals surface area contributed by atoms with E-state index in [0.717, 1.165) is 47.4 Å². The Balaban J connectivity index is 0.00000121. The first kappa shape index (κ1) is 30.6. The van der Waals surface area contributed by atoms with Gasteiger partial charge in [-0.1, -0.05) is 63.4 Å². The molecule has 1 saturated heterocycles. The molecule has 2 fully saturated rings.